The predicted octanol–water partition coefficient (Wildman–Crippen LogP) is 3.61. The predicted molar refractivity (Wildman–Crippen MR) is 99.3 cm³/mol. The van der Waals surface area contributed by atoms with Gasteiger partial charge in [-0.15, -0.1) is 5.11 Å². The number of fused-ring (bicyclic) bond motifs is 1. The molecule has 0 fully saturated rings. The number of sulfonamides is 1. The Balaban J connectivity index is 2.15. The zero-order valence-electron chi connectivity index (χ0n) is 14.1. The van der Waals surface area contributed by atoms with Crippen molar-refractivity contribution in [2.45, 2.75) is 11.8 Å². The lowest BCUT2D eigenvalue weighted by atomic mass is 10.0. The van der Waals surface area contributed by atoms with Gasteiger partial charge in [0.15, 0.2) is 0 Å². The number of rotatable bonds is 4. The average Bonchev–Trinajstić information content (AvgIpc) is 2.61. The van der Waals surface area contributed by atoms with Crippen LogP contribution in [0, 0.1) is 6.92 Å². The summed E-state index contributed by atoms with van der Waals surface area (Å²) in [4.78, 5) is 11.3. The van der Waals surface area contributed by atoms with Gasteiger partial charge in [-0.05, 0) is 30.7 Å². The van der Waals surface area contributed by atoms with Crippen LogP contribution in [0.5, 0.6) is 5.75 Å². The van der Waals surface area contributed by atoms with Crippen molar-refractivity contribution in [1.29, 1.82) is 0 Å². The van der Waals surface area contributed by atoms with Crippen LogP contribution in [0.1, 0.15) is 15.9 Å². The maximum absolute atomic E-state index is 11.6. The van der Waals surface area contributed by atoms with Crippen LogP contribution in [0.4, 0.5) is 11.4 Å². The second kappa shape index (κ2) is 6.78. The monoisotopic (exact) mass is 385 g/mol. The number of carboxylic acid groups (broad SMARTS) is 1. The summed E-state index contributed by atoms with van der Waals surface area (Å²) in [5.74, 6) is -1.66. The third kappa shape index (κ3) is 3.64. The molecule has 4 N–H and O–H groups in total. The van der Waals surface area contributed by atoms with Gasteiger partial charge in [-0.2, -0.15) is 5.11 Å². The first-order valence-electron chi connectivity index (χ1n) is 7.71. The second-order valence-corrected chi connectivity index (χ2v) is 7.37. The van der Waals surface area contributed by atoms with Crippen LogP contribution in [-0.4, -0.2) is 24.6 Å². The second-order valence-electron chi connectivity index (χ2n) is 5.84. The van der Waals surface area contributed by atoms with Gasteiger partial charge in [0.05, 0.1) is 16.3 Å². The molecule has 0 bridgehead atoms. The Morgan fingerprint density at radius 3 is 2.33 bits per heavy atom. The van der Waals surface area contributed by atoms with E-state index in [0.29, 0.717) is 16.3 Å². The largest absolute Gasteiger partial charge is 0.506 e. The lowest BCUT2D eigenvalue weighted by Gasteiger charge is -2.07. The Hall–Kier alpha value is -3.30. The minimum Gasteiger partial charge on any atom is -0.506 e. The molecule has 0 aliphatic heterocycles. The highest BCUT2D eigenvalue weighted by Crippen LogP contribution is 2.37. The van der Waals surface area contributed by atoms with Crippen LogP contribution in [0.3, 0.4) is 0 Å². The molecule has 0 aliphatic rings. The number of hydrogen-bond acceptors (Lipinski definition) is 6. The van der Waals surface area contributed by atoms with E-state index in [9.17, 15) is 23.4 Å². The highest BCUT2D eigenvalue weighted by Gasteiger charge is 2.16. The molecule has 27 heavy (non-hydrogen) atoms. The van der Waals surface area contributed by atoms with Gasteiger partial charge < -0.3 is 10.2 Å². The zero-order valence-corrected chi connectivity index (χ0v) is 14.9. The molecule has 3 rings (SSSR count). The molecular weight excluding hydrogens is 370 g/mol. The molecule has 138 valence electrons. The minimum absolute atomic E-state index is 0.0688. The normalized spacial score (nSPS) is 11.9. The van der Waals surface area contributed by atoms with Crippen molar-refractivity contribution >= 4 is 38.1 Å². The van der Waals surface area contributed by atoms with Gasteiger partial charge in [0.2, 0.25) is 10.0 Å². The molecule has 0 amide bonds. The number of benzene rings is 3. The van der Waals surface area contributed by atoms with Crippen LogP contribution >= 0.6 is 0 Å². The third-order valence-corrected chi connectivity index (χ3v) is 5.03. The van der Waals surface area contributed by atoms with Crippen molar-refractivity contribution in [3.05, 3.63) is 59.7 Å². The van der Waals surface area contributed by atoms with Gasteiger partial charge in [0.25, 0.3) is 0 Å². The molecule has 8 nitrogen and oxygen atoms in total. The molecule has 0 heterocycles. The first kappa shape index (κ1) is 18.5. The molecule has 9 heteroatoms. The Morgan fingerprint density at radius 1 is 1.04 bits per heavy atom. The van der Waals surface area contributed by atoms with E-state index < -0.39 is 16.0 Å². The summed E-state index contributed by atoms with van der Waals surface area (Å²) >= 11 is 0. The van der Waals surface area contributed by atoms with E-state index in [1.54, 1.807) is 43.3 Å². The fraction of sp³-hybridized carbons (Fsp3) is 0.0556. The lowest BCUT2D eigenvalue weighted by molar-refractivity contribution is 0.0694. The Labute approximate surface area is 154 Å². The van der Waals surface area contributed by atoms with E-state index in [-0.39, 0.29) is 27.6 Å². The van der Waals surface area contributed by atoms with Gasteiger partial charge in [-0.25, -0.2) is 18.4 Å². The number of hydrogen-bond donors (Lipinski definition) is 3. The third-order valence-electron chi connectivity index (χ3n) is 3.98. The molecular formula is C18H15N3O5S. The van der Waals surface area contributed by atoms with E-state index >= 15 is 0 Å². The number of carbonyl (C=O) groups is 1. The molecule has 0 atom stereocenters. The number of primary sulfonamides is 1. The highest BCUT2D eigenvalue weighted by molar-refractivity contribution is 7.89. The minimum atomic E-state index is -3.91. The van der Waals surface area contributed by atoms with Gasteiger partial charge in [0, 0.05) is 10.8 Å². The summed E-state index contributed by atoms with van der Waals surface area (Å²) in [6.45, 7) is 1.60. The van der Waals surface area contributed by atoms with Crippen molar-refractivity contribution < 1.29 is 23.4 Å². The van der Waals surface area contributed by atoms with E-state index in [0.717, 1.165) is 0 Å². The smallest absolute Gasteiger partial charge is 0.339 e. The first-order valence-corrected chi connectivity index (χ1v) is 9.26. The summed E-state index contributed by atoms with van der Waals surface area (Å²) in [5.41, 5.74) is 0.619. The molecule has 3 aromatic carbocycles. The number of phenols is 1. The maximum atomic E-state index is 11.6. The zero-order chi connectivity index (χ0) is 19.8. The molecule has 0 spiro atoms. The molecule has 0 saturated carbocycles. The molecule has 0 unspecified atom stereocenters. The van der Waals surface area contributed by atoms with E-state index in [2.05, 4.69) is 10.2 Å². The molecule has 0 aliphatic carbocycles. The fourth-order valence-electron chi connectivity index (χ4n) is 2.66. The number of carboxylic acids is 1. The van der Waals surface area contributed by atoms with Crippen LogP contribution in [0.2, 0.25) is 0 Å². The fourth-order valence-corrected chi connectivity index (χ4v) is 3.46. The Kier molecular flexibility index (Phi) is 4.64. The molecule has 0 saturated heterocycles. The van der Waals surface area contributed by atoms with Gasteiger partial charge >= 0.3 is 5.97 Å². The van der Waals surface area contributed by atoms with E-state index in [1.807, 2.05) is 0 Å². The molecule has 0 radical (unpaired) electrons. The van der Waals surface area contributed by atoms with Gasteiger partial charge in [-0.1, -0.05) is 30.3 Å². The summed E-state index contributed by atoms with van der Waals surface area (Å²) in [6.07, 6.45) is 0. The van der Waals surface area contributed by atoms with E-state index in [4.69, 9.17) is 5.14 Å². The number of aromatic hydroxyl groups is 1. The summed E-state index contributed by atoms with van der Waals surface area (Å²) in [7, 11) is -3.91. The number of aromatic carboxylic acids is 1. The number of aryl methyl sites for hydroxylation is 1. The van der Waals surface area contributed by atoms with Crippen molar-refractivity contribution in [3.63, 3.8) is 0 Å². The van der Waals surface area contributed by atoms with Gasteiger partial charge in [-0.3, -0.25) is 0 Å². The topological polar surface area (TPSA) is 142 Å². The van der Waals surface area contributed by atoms with Crippen molar-refractivity contribution in [2.24, 2.45) is 15.4 Å². The van der Waals surface area contributed by atoms with Crippen LogP contribution in [0.25, 0.3) is 10.8 Å². The maximum Gasteiger partial charge on any atom is 0.339 e. The average molecular weight is 385 g/mol. The lowest BCUT2D eigenvalue weighted by Crippen LogP contribution is -2.13. The molecule has 3 aromatic rings. The van der Waals surface area contributed by atoms with Crippen molar-refractivity contribution in [3.8, 4) is 5.75 Å². The summed E-state index contributed by atoms with van der Waals surface area (Å²) in [6, 6.07) is 12.2. The van der Waals surface area contributed by atoms with Crippen LogP contribution < -0.4 is 5.14 Å². The number of nitrogens with zero attached hydrogens (tertiary/aromatic N) is 2. The van der Waals surface area contributed by atoms with Crippen molar-refractivity contribution in [1.82, 2.24) is 0 Å². The van der Waals surface area contributed by atoms with Crippen LogP contribution in [-0.2, 0) is 10.0 Å². The van der Waals surface area contributed by atoms with E-state index in [1.165, 1.54) is 12.1 Å². The summed E-state index contributed by atoms with van der Waals surface area (Å²) in [5, 5.41) is 33.5. The SMILES string of the molecule is Cc1ccc(N=Nc2cc(C(=O)O)c(O)c3ccccc23)cc1S(N)(=O)=O. The quantitative estimate of drug-likeness (QED) is 0.588. The Morgan fingerprint density at radius 2 is 1.70 bits per heavy atom. The first-order chi connectivity index (χ1) is 12.7. The standard InChI is InChI=1S/C18H15N3O5S/c1-10-6-7-11(8-16(10)27(19,25)26)20-21-15-9-14(18(23)24)17(22)13-5-3-2-4-12(13)15/h2-9,22H,1H3,(H,23,24)(H2,19,25,26). The van der Waals surface area contributed by atoms with Crippen molar-refractivity contribution in [2.75, 3.05) is 0 Å². The van der Waals surface area contributed by atoms with Gasteiger partial charge in [0.1, 0.15) is 11.3 Å². The number of azo groups is 1. The Bertz CT molecular complexity index is 1200. The number of nitrogens with two attached hydrogens (primary N) is 1. The molecule has 0 aromatic heterocycles. The summed E-state index contributed by atoms with van der Waals surface area (Å²) < 4.78 is 23.2. The van der Waals surface area contributed by atoms with Crippen LogP contribution in [0.15, 0.2) is 63.7 Å². The highest BCUT2D eigenvalue weighted by atomic mass is 32.2.